The van der Waals surface area contributed by atoms with Crippen LogP contribution < -0.4 is 9.64 Å². The number of aliphatic hydroxyl groups is 1. The van der Waals surface area contributed by atoms with Gasteiger partial charge in [0.15, 0.2) is 0 Å². The highest BCUT2D eigenvalue weighted by atomic mass is 19.1. The van der Waals surface area contributed by atoms with Crippen LogP contribution in [0.5, 0.6) is 5.75 Å². The molecule has 0 spiro atoms. The third-order valence-corrected chi connectivity index (χ3v) is 5.17. The second kappa shape index (κ2) is 8.02. The van der Waals surface area contributed by atoms with Gasteiger partial charge in [-0.05, 0) is 61.0 Å². The Balaban J connectivity index is 1.93. The molecule has 1 unspecified atom stereocenters. The molecule has 1 fully saturated rings. The van der Waals surface area contributed by atoms with Gasteiger partial charge >= 0.3 is 0 Å². The third-order valence-electron chi connectivity index (χ3n) is 5.17. The molecule has 3 aromatic rings. The lowest BCUT2D eigenvalue weighted by Crippen LogP contribution is -2.29. The van der Waals surface area contributed by atoms with Crippen molar-refractivity contribution in [3.8, 4) is 5.75 Å². The van der Waals surface area contributed by atoms with Gasteiger partial charge in [0.25, 0.3) is 11.7 Å². The molecule has 1 aromatic heterocycles. The number of nitrogens with zero attached hydrogens (tertiary/aromatic N) is 2. The van der Waals surface area contributed by atoms with Crippen LogP contribution in [0.25, 0.3) is 5.76 Å². The molecule has 7 heteroatoms. The molecule has 1 aliphatic heterocycles. The molecule has 1 saturated heterocycles. The molecule has 0 radical (unpaired) electrons. The highest BCUT2D eigenvalue weighted by molar-refractivity contribution is 6.51. The van der Waals surface area contributed by atoms with Crippen molar-refractivity contribution in [2.45, 2.75) is 13.0 Å². The standard InChI is InChI=1S/C24H19FN2O4/c1-14-12-15(9-10-19(14)31-2)22(28)20-21(18-8-3-4-11-26-18)27(24(30)23(20)29)17-7-5-6-16(25)13-17/h3-13,21,28H,1-2H3/b22-20+. The molecule has 31 heavy (non-hydrogen) atoms. The lowest BCUT2D eigenvalue weighted by atomic mass is 9.97. The summed E-state index contributed by atoms with van der Waals surface area (Å²) in [6, 6.07) is 14.4. The van der Waals surface area contributed by atoms with E-state index in [9.17, 15) is 19.1 Å². The molecule has 1 N–H and O–H groups in total. The molecular formula is C24H19FN2O4. The van der Waals surface area contributed by atoms with Gasteiger partial charge in [-0.15, -0.1) is 0 Å². The number of hydrogen-bond donors (Lipinski definition) is 1. The first-order chi connectivity index (χ1) is 14.9. The monoisotopic (exact) mass is 418 g/mol. The van der Waals surface area contributed by atoms with E-state index in [1.807, 2.05) is 0 Å². The van der Waals surface area contributed by atoms with Crippen molar-refractivity contribution in [2.24, 2.45) is 0 Å². The average Bonchev–Trinajstić information content (AvgIpc) is 3.04. The van der Waals surface area contributed by atoms with E-state index >= 15 is 0 Å². The Morgan fingerprint density at radius 3 is 2.55 bits per heavy atom. The molecule has 0 aliphatic carbocycles. The van der Waals surface area contributed by atoms with Gasteiger partial charge in [-0.1, -0.05) is 12.1 Å². The van der Waals surface area contributed by atoms with E-state index in [4.69, 9.17) is 4.74 Å². The second-order valence-corrected chi connectivity index (χ2v) is 7.09. The topological polar surface area (TPSA) is 79.7 Å². The minimum Gasteiger partial charge on any atom is -0.507 e. The number of halogens is 1. The van der Waals surface area contributed by atoms with E-state index in [1.165, 1.54) is 37.6 Å². The predicted molar refractivity (Wildman–Crippen MR) is 113 cm³/mol. The predicted octanol–water partition coefficient (Wildman–Crippen LogP) is 4.16. The van der Waals surface area contributed by atoms with E-state index in [-0.39, 0.29) is 17.0 Å². The summed E-state index contributed by atoms with van der Waals surface area (Å²) in [6.07, 6.45) is 1.53. The zero-order chi connectivity index (χ0) is 22.1. The summed E-state index contributed by atoms with van der Waals surface area (Å²) < 4.78 is 19.1. The molecule has 1 amide bonds. The summed E-state index contributed by atoms with van der Waals surface area (Å²) in [5.41, 5.74) is 1.56. The number of carbonyl (C=O) groups excluding carboxylic acids is 2. The van der Waals surface area contributed by atoms with Crippen LogP contribution in [0.3, 0.4) is 0 Å². The van der Waals surface area contributed by atoms with Crippen LogP contribution in [-0.2, 0) is 9.59 Å². The minimum absolute atomic E-state index is 0.113. The Bertz CT molecular complexity index is 1210. The maximum atomic E-state index is 13.9. The molecule has 156 valence electrons. The fraction of sp³-hybridized carbons (Fsp3) is 0.125. The zero-order valence-corrected chi connectivity index (χ0v) is 16.9. The van der Waals surface area contributed by atoms with Gasteiger partial charge in [0.1, 0.15) is 23.4 Å². The lowest BCUT2D eigenvalue weighted by molar-refractivity contribution is -0.132. The Kier molecular flexibility index (Phi) is 5.25. The van der Waals surface area contributed by atoms with Crippen molar-refractivity contribution in [3.05, 3.63) is 95.1 Å². The quantitative estimate of drug-likeness (QED) is 0.391. The van der Waals surface area contributed by atoms with Crippen LogP contribution in [0.1, 0.15) is 22.9 Å². The molecule has 4 rings (SSSR count). The summed E-state index contributed by atoms with van der Waals surface area (Å²) in [5.74, 6) is -2.00. The van der Waals surface area contributed by atoms with Gasteiger partial charge < -0.3 is 9.84 Å². The third kappa shape index (κ3) is 3.54. The fourth-order valence-corrected chi connectivity index (χ4v) is 3.72. The number of ether oxygens (including phenoxy) is 1. The van der Waals surface area contributed by atoms with E-state index in [0.29, 0.717) is 17.0 Å². The number of aromatic nitrogens is 1. The molecule has 6 nitrogen and oxygen atoms in total. The normalized spacial score (nSPS) is 17.8. The van der Waals surface area contributed by atoms with Crippen LogP contribution in [0.15, 0.2) is 72.4 Å². The molecule has 2 heterocycles. The number of methoxy groups -OCH3 is 1. The van der Waals surface area contributed by atoms with Crippen molar-refractivity contribution in [2.75, 3.05) is 12.0 Å². The first kappa shape index (κ1) is 20.3. The van der Waals surface area contributed by atoms with Crippen LogP contribution >= 0.6 is 0 Å². The van der Waals surface area contributed by atoms with Crippen molar-refractivity contribution in [1.29, 1.82) is 0 Å². The number of aliphatic hydroxyl groups excluding tert-OH is 1. The number of carbonyl (C=O) groups is 2. The largest absolute Gasteiger partial charge is 0.507 e. The highest BCUT2D eigenvalue weighted by Crippen LogP contribution is 2.41. The van der Waals surface area contributed by atoms with Crippen LogP contribution in [0, 0.1) is 12.7 Å². The maximum absolute atomic E-state index is 13.9. The van der Waals surface area contributed by atoms with Crippen molar-refractivity contribution < 1.29 is 23.8 Å². The van der Waals surface area contributed by atoms with E-state index < -0.39 is 23.5 Å². The van der Waals surface area contributed by atoms with Crippen molar-refractivity contribution in [3.63, 3.8) is 0 Å². The smallest absolute Gasteiger partial charge is 0.300 e. The number of hydrogen-bond acceptors (Lipinski definition) is 5. The van der Waals surface area contributed by atoms with E-state index in [0.717, 1.165) is 10.5 Å². The highest BCUT2D eigenvalue weighted by Gasteiger charge is 2.47. The van der Waals surface area contributed by atoms with Crippen molar-refractivity contribution in [1.82, 2.24) is 4.98 Å². The van der Waals surface area contributed by atoms with Gasteiger partial charge in [0.05, 0.1) is 18.4 Å². The van der Waals surface area contributed by atoms with E-state index in [2.05, 4.69) is 4.98 Å². The first-order valence-corrected chi connectivity index (χ1v) is 9.55. The van der Waals surface area contributed by atoms with Gasteiger partial charge in [0.2, 0.25) is 0 Å². The Morgan fingerprint density at radius 1 is 1.10 bits per heavy atom. The molecule has 0 saturated carbocycles. The molecule has 1 atom stereocenters. The number of pyridine rings is 1. The van der Waals surface area contributed by atoms with Crippen LogP contribution in [0.2, 0.25) is 0 Å². The number of ketones is 1. The Labute approximate surface area is 178 Å². The van der Waals surface area contributed by atoms with Crippen LogP contribution in [0.4, 0.5) is 10.1 Å². The van der Waals surface area contributed by atoms with E-state index in [1.54, 1.807) is 43.3 Å². The summed E-state index contributed by atoms with van der Waals surface area (Å²) >= 11 is 0. The number of aryl methyl sites for hydroxylation is 1. The first-order valence-electron chi connectivity index (χ1n) is 9.55. The number of rotatable bonds is 4. The number of benzene rings is 2. The average molecular weight is 418 g/mol. The molecular weight excluding hydrogens is 399 g/mol. The minimum atomic E-state index is -1.01. The molecule has 0 bridgehead atoms. The van der Waals surface area contributed by atoms with Crippen LogP contribution in [-0.4, -0.2) is 28.9 Å². The Morgan fingerprint density at radius 2 is 1.90 bits per heavy atom. The molecule has 2 aromatic carbocycles. The van der Waals surface area contributed by atoms with Gasteiger partial charge in [-0.2, -0.15) is 0 Å². The zero-order valence-electron chi connectivity index (χ0n) is 16.9. The second-order valence-electron chi connectivity index (χ2n) is 7.09. The van der Waals surface area contributed by atoms with Gasteiger partial charge in [0, 0.05) is 17.4 Å². The van der Waals surface area contributed by atoms with Gasteiger partial charge in [-0.25, -0.2) is 4.39 Å². The number of Topliss-reactive ketones (excluding diaryl/α,β-unsaturated/α-hetero) is 1. The fourth-order valence-electron chi connectivity index (χ4n) is 3.72. The van der Waals surface area contributed by atoms with Gasteiger partial charge in [-0.3, -0.25) is 19.5 Å². The SMILES string of the molecule is COc1ccc(/C(O)=C2\C(=O)C(=O)N(c3cccc(F)c3)C2c2ccccn2)cc1C. The summed E-state index contributed by atoms with van der Waals surface area (Å²) in [5, 5.41) is 11.1. The van der Waals surface area contributed by atoms with Crippen molar-refractivity contribution >= 4 is 23.1 Å². The summed E-state index contributed by atoms with van der Waals surface area (Å²) in [7, 11) is 1.54. The summed E-state index contributed by atoms with van der Waals surface area (Å²) in [4.78, 5) is 31.5. The number of anilines is 1. The number of amides is 1. The lowest BCUT2D eigenvalue weighted by Gasteiger charge is -2.24. The molecule has 1 aliphatic rings. The maximum Gasteiger partial charge on any atom is 0.300 e. The Hall–Kier alpha value is -4.00. The summed E-state index contributed by atoms with van der Waals surface area (Å²) in [6.45, 7) is 1.80.